The molecule has 0 saturated heterocycles. The summed E-state index contributed by atoms with van der Waals surface area (Å²) >= 11 is 13.2. The van der Waals surface area contributed by atoms with Crippen molar-refractivity contribution in [3.8, 4) is 5.75 Å². The van der Waals surface area contributed by atoms with Gasteiger partial charge in [0.15, 0.2) is 0 Å². The van der Waals surface area contributed by atoms with Crippen LogP contribution in [0, 0.1) is 0 Å². The lowest BCUT2D eigenvalue weighted by Gasteiger charge is -2.05. The Morgan fingerprint density at radius 3 is 2.69 bits per heavy atom. The Hall–Kier alpha value is -0.900. The van der Waals surface area contributed by atoms with E-state index in [1.807, 2.05) is 6.07 Å². The SMILES string of the molecule is Oc1cccnc1Sc1cccc(Cl)c1Cl. The fourth-order valence-electron chi connectivity index (χ4n) is 1.13. The summed E-state index contributed by atoms with van der Waals surface area (Å²) in [5, 5.41) is 11.0. The van der Waals surface area contributed by atoms with Gasteiger partial charge in [0.05, 0.1) is 10.0 Å². The van der Waals surface area contributed by atoms with Gasteiger partial charge >= 0.3 is 0 Å². The van der Waals surface area contributed by atoms with Crippen LogP contribution in [0.15, 0.2) is 46.5 Å². The molecule has 16 heavy (non-hydrogen) atoms. The van der Waals surface area contributed by atoms with Gasteiger partial charge in [0.2, 0.25) is 0 Å². The second-order valence-electron chi connectivity index (χ2n) is 2.98. The fourth-order valence-corrected chi connectivity index (χ4v) is 2.44. The van der Waals surface area contributed by atoms with Crippen LogP contribution < -0.4 is 0 Å². The first kappa shape index (κ1) is 11.6. The van der Waals surface area contributed by atoms with Crippen molar-refractivity contribution >= 4 is 35.0 Å². The highest BCUT2D eigenvalue weighted by Crippen LogP contribution is 2.38. The largest absolute Gasteiger partial charge is 0.505 e. The molecule has 1 aromatic heterocycles. The summed E-state index contributed by atoms with van der Waals surface area (Å²) in [4.78, 5) is 4.82. The van der Waals surface area contributed by atoms with Crippen LogP contribution in [0.5, 0.6) is 5.75 Å². The van der Waals surface area contributed by atoms with Gasteiger partial charge in [0.1, 0.15) is 10.8 Å². The quantitative estimate of drug-likeness (QED) is 0.887. The van der Waals surface area contributed by atoms with Gasteiger partial charge in [0, 0.05) is 11.1 Å². The van der Waals surface area contributed by atoms with Crippen LogP contribution >= 0.6 is 35.0 Å². The molecule has 0 aliphatic carbocycles. The molecule has 0 radical (unpaired) electrons. The lowest BCUT2D eigenvalue weighted by atomic mass is 10.4. The zero-order valence-electron chi connectivity index (χ0n) is 8.02. The summed E-state index contributed by atoms with van der Waals surface area (Å²) in [5.41, 5.74) is 0. The molecule has 0 aliphatic rings. The monoisotopic (exact) mass is 271 g/mol. The number of rotatable bonds is 2. The molecule has 0 atom stereocenters. The summed E-state index contributed by atoms with van der Waals surface area (Å²) < 4.78 is 0. The number of hydrogen-bond acceptors (Lipinski definition) is 3. The van der Waals surface area contributed by atoms with Crippen molar-refractivity contribution in [2.75, 3.05) is 0 Å². The average Bonchev–Trinajstić information content (AvgIpc) is 2.28. The van der Waals surface area contributed by atoms with E-state index in [1.165, 1.54) is 11.8 Å². The van der Waals surface area contributed by atoms with Crippen molar-refractivity contribution in [3.63, 3.8) is 0 Å². The Bertz CT molecular complexity index is 519. The molecule has 0 amide bonds. The van der Waals surface area contributed by atoms with Crippen LogP contribution in [-0.4, -0.2) is 10.1 Å². The minimum atomic E-state index is 0.128. The van der Waals surface area contributed by atoms with Gasteiger partial charge in [-0.3, -0.25) is 0 Å². The molecule has 0 spiro atoms. The number of nitrogens with zero attached hydrogens (tertiary/aromatic N) is 1. The van der Waals surface area contributed by atoms with Crippen molar-refractivity contribution in [2.45, 2.75) is 9.92 Å². The van der Waals surface area contributed by atoms with E-state index in [2.05, 4.69) is 4.98 Å². The maximum absolute atomic E-state index is 9.57. The smallest absolute Gasteiger partial charge is 0.148 e. The van der Waals surface area contributed by atoms with E-state index >= 15 is 0 Å². The molecule has 0 unspecified atom stereocenters. The topological polar surface area (TPSA) is 33.1 Å². The Morgan fingerprint density at radius 1 is 1.12 bits per heavy atom. The van der Waals surface area contributed by atoms with E-state index in [0.717, 1.165) is 4.90 Å². The lowest BCUT2D eigenvalue weighted by Crippen LogP contribution is -1.81. The maximum atomic E-state index is 9.57. The Morgan fingerprint density at radius 2 is 1.94 bits per heavy atom. The minimum Gasteiger partial charge on any atom is -0.505 e. The van der Waals surface area contributed by atoms with Gasteiger partial charge in [-0.15, -0.1) is 0 Å². The zero-order chi connectivity index (χ0) is 11.5. The second kappa shape index (κ2) is 4.95. The van der Waals surface area contributed by atoms with Gasteiger partial charge in [-0.05, 0) is 24.3 Å². The van der Waals surface area contributed by atoms with Crippen LogP contribution in [0.2, 0.25) is 10.0 Å². The highest BCUT2D eigenvalue weighted by Gasteiger charge is 2.09. The van der Waals surface area contributed by atoms with Gasteiger partial charge in [-0.25, -0.2) is 4.98 Å². The Kier molecular flexibility index (Phi) is 3.59. The number of aromatic hydroxyl groups is 1. The summed E-state index contributed by atoms with van der Waals surface area (Å²) in [6, 6.07) is 8.59. The Balaban J connectivity index is 2.35. The first-order chi connectivity index (χ1) is 7.68. The van der Waals surface area contributed by atoms with Crippen molar-refractivity contribution in [2.24, 2.45) is 0 Å². The number of aromatic nitrogens is 1. The standard InChI is InChI=1S/C11H7Cl2NOS/c12-7-3-1-5-9(10(7)13)16-11-8(15)4-2-6-14-11/h1-6,15H. The molecular formula is C11H7Cl2NOS. The molecule has 0 saturated carbocycles. The third-order valence-corrected chi connectivity index (χ3v) is 3.87. The molecule has 2 nitrogen and oxygen atoms in total. The summed E-state index contributed by atoms with van der Waals surface area (Å²) in [6.07, 6.45) is 1.61. The predicted octanol–water partition coefficient (Wildman–Crippen LogP) is 4.25. The van der Waals surface area contributed by atoms with E-state index in [-0.39, 0.29) is 5.75 Å². The number of pyridine rings is 1. The van der Waals surface area contributed by atoms with Gasteiger partial charge in [-0.2, -0.15) is 0 Å². The highest BCUT2D eigenvalue weighted by atomic mass is 35.5. The summed E-state index contributed by atoms with van der Waals surface area (Å²) in [5.74, 6) is 0.128. The molecule has 0 aliphatic heterocycles. The highest BCUT2D eigenvalue weighted by molar-refractivity contribution is 7.99. The molecule has 82 valence electrons. The summed E-state index contributed by atoms with van der Waals surface area (Å²) in [6.45, 7) is 0. The zero-order valence-corrected chi connectivity index (χ0v) is 10.4. The summed E-state index contributed by atoms with van der Waals surface area (Å²) in [7, 11) is 0. The number of halogens is 2. The third-order valence-electron chi connectivity index (χ3n) is 1.87. The van der Waals surface area contributed by atoms with E-state index < -0.39 is 0 Å². The van der Waals surface area contributed by atoms with Crippen LogP contribution in [0.4, 0.5) is 0 Å². The molecule has 2 rings (SSSR count). The van der Waals surface area contributed by atoms with E-state index in [4.69, 9.17) is 23.2 Å². The first-order valence-corrected chi connectivity index (χ1v) is 6.01. The maximum Gasteiger partial charge on any atom is 0.148 e. The minimum absolute atomic E-state index is 0.128. The number of benzene rings is 1. The van der Waals surface area contributed by atoms with Gasteiger partial charge < -0.3 is 5.11 Å². The Labute approximate surface area is 107 Å². The van der Waals surface area contributed by atoms with Crippen LogP contribution in [-0.2, 0) is 0 Å². The van der Waals surface area contributed by atoms with Crippen LogP contribution in [0.3, 0.4) is 0 Å². The number of hydrogen-bond donors (Lipinski definition) is 1. The van der Waals surface area contributed by atoms with Crippen LogP contribution in [0.1, 0.15) is 0 Å². The van der Waals surface area contributed by atoms with Gasteiger partial charge in [0.25, 0.3) is 0 Å². The lowest BCUT2D eigenvalue weighted by molar-refractivity contribution is 0.457. The third kappa shape index (κ3) is 2.43. The molecule has 1 aromatic carbocycles. The van der Waals surface area contributed by atoms with Crippen molar-refractivity contribution < 1.29 is 5.11 Å². The molecule has 1 N–H and O–H groups in total. The normalized spacial score (nSPS) is 10.4. The predicted molar refractivity (Wildman–Crippen MR) is 66.5 cm³/mol. The van der Waals surface area contributed by atoms with Gasteiger partial charge in [-0.1, -0.05) is 41.0 Å². The van der Waals surface area contributed by atoms with E-state index in [9.17, 15) is 5.11 Å². The molecule has 1 heterocycles. The van der Waals surface area contributed by atoms with E-state index in [1.54, 1.807) is 30.5 Å². The average molecular weight is 272 g/mol. The van der Waals surface area contributed by atoms with Crippen molar-refractivity contribution in [3.05, 3.63) is 46.6 Å². The molecule has 2 aromatic rings. The van der Waals surface area contributed by atoms with Crippen molar-refractivity contribution in [1.82, 2.24) is 4.98 Å². The fraction of sp³-hybridized carbons (Fsp3) is 0. The molecule has 5 heteroatoms. The molecule has 0 bridgehead atoms. The second-order valence-corrected chi connectivity index (χ2v) is 4.80. The van der Waals surface area contributed by atoms with Crippen molar-refractivity contribution in [1.29, 1.82) is 0 Å². The van der Waals surface area contributed by atoms with Crippen LogP contribution in [0.25, 0.3) is 0 Å². The molecule has 0 fully saturated rings. The molecular weight excluding hydrogens is 265 g/mol. The van der Waals surface area contributed by atoms with E-state index in [0.29, 0.717) is 15.1 Å². The first-order valence-electron chi connectivity index (χ1n) is 4.44.